The van der Waals surface area contributed by atoms with Crippen LogP contribution in [0.25, 0.3) is 0 Å². The first-order valence-corrected chi connectivity index (χ1v) is 7.05. The standard InChI is InChI=1S/C14H10BrClF3NO/c15-9-1-4-13(21-14(18)19)8(5-9)7-20-10-2-3-12(17)11(16)6-10/h1-6,14,20H,7H2. The highest BCUT2D eigenvalue weighted by Crippen LogP contribution is 2.26. The second kappa shape index (κ2) is 7.04. The van der Waals surface area contributed by atoms with E-state index >= 15 is 0 Å². The fraction of sp³-hybridized carbons (Fsp3) is 0.143. The Morgan fingerprint density at radius 2 is 1.95 bits per heavy atom. The van der Waals surface area contributed by atoms with E-state index in [1.807, 2.05) is 0 Å². The van der Waals surface area contributed by atoms with Crippen molar-refractivity contribution in [3.8, 4) is 5.75 Å². The van der Waals surface area contributed by atoms with Crippen LogP contribution in [0.15, 0.2) is 40.9 Å². The van der Waals surface area contributed by atoms with E-state index < -0.39 is 12.4 Å². The van der Waals surface area contributed by atoms with Gasteiger partial charge < -0.3 is 10.1 Å². The number of hydrogen-bond donors (Lipinski definition) is 1. The monoisotopic (exact) mass is 379 g/mol. The molecule has 0 aromatic heterocycles. The zero-order chi connectivity index (χ0) is 15.4. The van der Waals surface area contributed by atoms with Gasteiger partial charge in [0.1, 0.15) is 11.6 Å². The van der Waals surface area contributed by atoms with E-state index in [-0.39, 0.29) is 17.3 Å². The average molecular weight is 381 g/mol. The lowest BCUT2D eigenvalue weighted by Crippen LogP contribution is -2.07. The normalized spacial score (nSPS) is 10.8. The minimum atomic E-state index is -2.90. The number of ether oxygens (including phenoxy) is 1. The number of nitrogens with one attached hydrogen (secondary N) is 1. The molecule has 1 N–H and O–H groups in total. The van der Waals surface area contributed by atoms with E-state index in [1.54, 1.807) is 12.1 Å². The summed E-state index contributed by atoms with van der Waals surface area (Å²) in [6.45, 7) is -2.67. The molecule has 0 radical (unpaired) electrons. The molecular formula is C14H10BrClF3NO. The lowest BCUT2D eigenvalue weighted by molar-refractivity contribution is -0.0504. The Morgan fingerprint density at radius 3 is 2.62 bits per heavy atom. The van der Waals surface area contributed by atoms with Gasteiger partial charge in [0, 0.05) is 22.3 Å². The number of rotatable bonds is 5. The summed E-state index contributed by atoms with van der Waals surface area (Å²) in [4.78, 5) is 0. The topological polar surface area (TPSA) is 21.3 Å². The predicted molar refractivity (Wildman–Crippen MR) is 79.5 cm³/mol. The lowest BCUT2D eigenvalue weighted by atomic mass is 10.2. The number of hydrogen-bond acceptors (Lipinski definition) is 2. The summed E-state index contributed by atoms with van der Waals surface area (Å²) < 4.78 is 42.9. The maximum atomic E-state index is 13.1. The van der Waals surface area contributed by atoms with Crippen LogP contribution in [0.1, 0.15) is 5.56 Å². The van der Waals surface area contributed by atoms with Gasteiger partial charge in [-0.3, -0.25) is 0 Å². The van der Waals surface area contributed by atoms with Crippen molar-refractivity contribution in [3.05, 3.63) is 57.3 Å². The van der Waals surface area contributed by atoms with Crippen molar-refractivity contribution in [1.82, 2.24) is 0 Å². The molecule has 0 aliphatic heterocycles. The van der Waals surface area contributed by atoms with Gasteiger partial charge in [0.25, 0.3) is 0 Å². The van der Waals surface area contributed by atoms with Crippen molar-refractivity contribution in [2.24, 2.45) is 0 Å². The molecule has 0 heterocycles. The van der Waals surface area contributed by atoms with E-state index in [4.69, 9.17) is 11.6 Å². The maximum Gasteiger partial charge on any atom is 0.387 e. The molecule has 0 saturated carbocycles. The van der Waals surface area contributed by atoms with Gasteiger partial charge >= 0.3 is 6.61 Å². The number of alkyl halides is 2. The molecule has 2 nitrogen and oxygen atoms in total. The van der Waals surface area contributed by atoms with Crippen LogP contribution in [-0.2, 0) is 6.54 Å². The zero-order valence-electron chi connectivity index (χ0n) is 10.5. The number of benzene rings is 2. The van der Waals surface area contributed by atoms with Gasteiger partial charge in [0.2, 0.25) is 0 Å². The fourth-order valence-electron chi connectivity index (χ4n) is 1.70. The maximum absolute atomic E-state index is 13.1. The molecule has 0 aliphatic carbocycles. The summed E-state index contributed by atoms with van der Waals surface area (Å²) in [7, 11) is 0. The van der Waals surface area contributed by atoms with Gasteiger partial charge in [0.15, 0.2) is 0 Å². The SMILES string of the molecule is Fc1ccc(NCc2cc(Br)ccc2OC(F)F)cc1Cl. The summed E-state index contributed by atoms with van der Waals surface area (Å²) >= 11 is 8.94. The van der Waals surface area contributed by atoms with Crippen LogP contribution in [0.4, 0.5) is 18.9 Å². The highest BCUT2D eigenvalue weighted by atomic mass is 79.9. The smallest absolute Gasteiger partial charge is 0.387 e. The second-order valence-electron chi connectivity index (χ2n) is 4.11. The van der Waals surface area contributed by atoms with E-state index in [0.29, 0.717) is 11.3 Å². The third-order valence-electron chi connectivity index (χ3n) is 2.64. The summed E-state index contributed by atoms with van der Waals surface area (Å²) in [5.74, 6) is -0.444. The molecule has 0 atom stereocenters. The minimum Gasteiger partial charge on any atom is -0.434 e. The Balaban J connectivity index is 2.14. The Bertz CT molecular complexity index is 640. The molecule has 0 amide bonds. The van der Waals surface area contributed by atoms with Gasteiger partial charge in [-0.2, -0.15) is 8.78 Å². The molecular weight excluding hydrogens is 371 g/mol. The van der Waals surface area contributed by atoms with Crippen molar-refractivity contribution in [3.63, 3.8) is 0 Å². The second-order valence-corrected chi connectivity index (χ2v) is 5.44. The van der Waals surface area contributed by atoms with Crippen molar-refractivity contribution >= 4 is 33.2 Å². The highest BCUT2D eigenvalue weighted by Gasteiger charge is 2.10. The van der Waals surface area contributed by atoms with Crippen LogP contribution in [0.3, 0.4) is 0 Å². The third-order valence-corrected chi connectivity index (χ3v) is 3.42. The number of anilines is 1. The average Bonchev–Trinajstić information content (AvgIpc) is 2.42. The van der Waals surface area contributed by atoms with E-state index in [0.717, 1.165) is 4.47 Å². The molecule has 0 unspecified atom stereocenters. The van der Waals surface area contributed by atoms with Crippen molar-refractivity contribution < 1.29 is 17.9 Å². The molecule has 0 saturated heterocycles. The predicted octanol–water partition coefficient (Wildman–Crippen LogP) is 5.46. The van der Waals surface area contributed by atoms with Gasteiger partial charge in [0.05, 0.1) is 5.02 Å². The molecule has 7 heteroatoms. The van der Waals surface area contributed by atoms with Crippen molar-refractivity contribution in [1.29, 1.82) is 0 Å². The molecule has 0 aliphatic rings. The first-order chi connectivity index (χ1) is 9.95. The fourth-order valence-corrected chi connectivity index (χ4v) is 2.29. The Hall–Kier alpha value is -1.40. The quantitative estimate of drug-likeness (QED) is 0.744. The zero-order valence-corrected chi connectivity index (χ0v) is 12.9. The summed E-state index contributed by atoms with van der Waals surface area (Å²) in [6.07, 6.45) is 0. The van der Waals surface area contributed by atoms with E-state index in [1.165, 1.54) is 24.3 Å². The van der Waals surface area contributed by atoms with Crippen LogP contribution < -0.4 is 10.1 Å². The van der Waals surface area contributed by atoms with Crippen LogP contribution in [-0.4, -0.2) is 6.61 Å². The molecule has 2 aromatic carbocycles. The summed E-state index contributed by atoms with van der Waals surface area (Å²) in [5, 5.41) is 2.96. The van der Waals surface area contributed by atoms with Crippen molar-refractivity contribution in [2.45, 2.75) is 13.2 Å². The minimum absolute atomic E-state index is 0.0155. The Kier molecular flexibility index (Phi) is 5.36. The molecule has 0 bridgehead atoms. The van der Waals surface area contributed by atoms with Crippen molar-refractivity contribution in [2.75, 3.05) is 5.32 Å². The van der Waals surface area contributed by atoms with Gasteiger partial charge in [-0.1, -0.05) is 27.5 Å². The summed E-state index contributed by atoms with van der Waals surface area (Å²) in [6, 6.07) is 8.87. The molecule has 2 rings (SSSR count). The van der Waals surface area contributed by atoms with Crippen LogP contribution in [0, 0.1) is 5.82 Å². The molecule has 112 valence electrons. The van der Waals surface area contributed by atoms with E-state index in [9.17, 15) is 13.2 Å². The van der Waals surface area contributed by atoms with Gasteiger partial charge in [-0.05, 0) is 36.4 Å². The van der Waals surface area contributed by atoms with Gasteiger partial charge in [-0.25, -0.2) is 4.39 Å². The molecule has 21 heavy (non-hydrogen) atoms. The number of halogens is 5. The third kappa shape index (κ3) is 4.54. The summed E-state index contributed by atoms with van der Waals surface area (Å²) in [5.41, 5.74) is 1.11. The lowest BCUT2D eigenvalue weighted by Gasteiger charge is -2.13. The first kappa shape index (κ1) is 16.0. The highest BCUT2D eigenvalue weighted by molar-refractivity contribution is 9.10. The molecule has 0 spiro atoms. The van der Waals surface area contributed by atoms with Crippen LogP contribution >= 0.6 is 27.5 Å². The van der Waals surface area contributed by atoms with Crippen LogP contribution in [0.5, 0.6) is 5.75 Å². The molecule has 0 fully saturated rings. The molecule has 2 aromatic rings. The van der Waals surface area contributed by atoms with E-state index in [2.05, 4.69) is 26.0 Å². The van der Waals surface area contributed by atoms with Gasteiger partial charge in [-0.15, -0.1) is 0 Å². The first-order valence-electron chi connectivity index (χ1n) is 5.88. The Labute approximate surface area is 133 Å². The Morgan fingerprint density at radius 1 is 1.19 bits per heavy atom. The van der Waals surface area contributed by atoms with Crippen LogP contribution in [0.2, 0.25) is 5.02 Å². The largest absolute Gasteiger partial charge is 0.434 e.